The number of thioether (sulfide) groups is 1. The third kappa shape index (κ3) is 4.90. The molecule has 2 atom stereocenters. The molecule has 1 aliphatic rings. The molecule has 1 aliphatic heterocycles. The molecule has 0 amide bonds. The maximum Gasteiger partial charge on any atom is 0.166 e. The van der Waals surface area contributed by atoms with Crippen molar-refractivity contribution in [1.29, 1.82) is 0 Å². The van der Waals surface area contributed by atoms with Gasteiger partial charge in [0.25, 0.3) is 0 Å². The first-order valence-corrected chi connectivity index (χ1v) is 10.5. The summed E-state index contributed by atoms with van der Waals surface area (Å²) < 4.78 is 24.6. The van der Waals surface area contributed by atoms with E-state index in [1.54, 1.807) is 18.7 Å². The quantitative estimate of drug-likeness (QED) is 0.739. The molecule has 0 aromatic rings. The standard InChI is InChI=1S/C14H30N2O2S2/c1-5-14(4,11-15-6-2)12-16-8-9-19-10-13(16)20(17,18)7-3/h13,15H,5-12H2,1-4H3. The molecule has 0 spiro atoms. The van der Waals surface area contributed by atoms with Crippen LogP contribution in [0.25, 0.3) is 0 Å². The molecule has 1 N–H and O–H groups in total. The fourth-order valence-electron chi connectivity index (χ4n) is 2.53. The van der Waals surface area contributed by atoms with E-state index >= 15 is 0 Å². The summed E-state index contributed by atoms with van der Waals surface area (Å²) in [5, 5.41) is 3.12. The van der Waals surface area contributed by atoms with E-state index in [0.717, 1.165) is 44.1 Å². The van der Waals surface area contributed by atoms with Crippen LogP contribution in [0.4, 0.5) is 0 Å². The van der Waals surface area contributed by atoms with Crippen molar-refractivity contribution in [3.63, 3.8) is 0 Å². The fourth-order valence-corrected chi connectivity index (χ4v) is 5.61. The van der Waals surface area contributed by atoms with Crippen LogP contribution in [0.2, 0.25) is 0 Å². The highest BCUT2D eigenvalue weighted by Gasteiger charge is 2.36. The first-order chi connectivity index (χ1) is 9.38. The van der Waals surface area contributed by atoms with Crippen LogP contribution in [0.1, 0.15) is 34.1 Å². The topological polar surface area (TPSA) is 49.4 Å². The molecule has 120 valence electrons. The summed E-state index contributed by atoms with van der Waals surface area (Å²) in [5.74, 6) is 2.00. The Morgan fingerprint density at radius 2 is 2.05 bits per heavy atom. The van der Waals surface area contributed by atoms with Gasteiger partial charge >= 0.3 is 0 Å². The van der Waals surface area contributed by atoms with E-state index in [4.69, 9.17) is 0 Å². The van der Waals surface area contributed by atoms with E-state index in [1.807, 2.05) is 0 Å². The Labute approximate surface area is 129 Å². The zero-order valence-electron chi connectivity index (χ0n) is 13.3. The summed E-state index contributed by atoms with van der Waals surface area (Å²) in [4.78, 5) is 2.20. The lowest BCUT2D eigenvalue weighted by Gasteiger charge is -2.41. The van der Waals surface area contributed by atoms with Gasteiger partial charge in [0, 0.05) is 36.9 Å². The van der Waals surface area contributed by atoms with Gasteiger partial charge in [0.05, 0.1) is 0 Å². The van der Waals surface area contributed by atoms with E-state index < -0.39 is 9.84 Å². The van der Waals surface area contributed by atoms with Gasteiger partial charge in [0.2, 0.25) is 0 Å². The number of sulfone groups is 1. The molecular formula is C14H30N2O2S2. The van der Waals surface area contributed by atoms with Gasteiger partial charge in [-0.2, -0.15) is 11.8 Å². The molecule has 0 aliphatic carbocycles. The molecule has 0 aromatic carbocycles. The van der Waals surface area contributed by atoms with Gasteiger partial charge in [-0.25, -0.2) is 8.42 Å². The molecule has 0 aromatic heterocycles. The van der Waals surface area contributed by atoms with Crippen LogP contribution in [-0.4, -0.2) is 62.1 Å². The van der Waals surface area contributed by atoms with Gasteiger partial charge in [0.15, 0.2) is 9.84 Å². The summed E-state index contributed by atoms with van der Waals surface area (Å²) in [5.41, 5.74) is 0.138. The zero-order chi connectivity index (χ0) is 15.2. The van der Waals surface area contributed by atoms with Crippen molar-refractivity contribution in [3.8, 4) is 0 Å². The third-order valence-corrected chi connectivity index (χ3v) is 7.58. The number of nitrogens with zero attached hydrogens (tertiary/aromatic N) is 1. The van der Waals surface area contributed by atoms with Gasteiger partial charge in [-0.3, -0.25) is 4.90 Å². The molecule has 1 saturated heterocycles. The Hall–Kier alpha value is 0.220. The lowest BCUT2D eigenvalue weighted by atomic mass is 9.86. The van der Waals surface area contributed by atoms with Crippen LogP contribution in [0, 0.1) is 5.41 Å². The highest BCUT2D eigenvalue weighted by Crippen LogP contribution is 2.28. The van der Waals surface area contributed by atoms with Crippen molar-refractivity contribution in [1.82, 2.24) is 10.2 Å². The van der Waals surface area contributed by atoms with Gasteiger partial charge < -0.3 is 5.32 Å². The molecule has 2 unspecified atom stereocenters. The molecule has 4 nitrogen and oxygen atoms in total. The fraction of sp³-hybridized carbons (Fsp3) is 1.00. The van der Waals surface area contributed by atoms with E-state index in [-0.39, 0.29) is 16.5 Å². The Morgan fingerprint density at radius 1 is 1.35 bits per heavy atom. The SMILES string of the molecule is CCNCC(C)(CC)CN1CCSCC1S(=O)(=O)CC. The maximum atomic E-state index is 12.3. The summed E-state index contributed by atoms with van der Waals surface area (Å²) in [6, 6.07) is 0. The zero-order valence-corrected chi connectivity index (χ0v) is 14.9. The number of rotatable bonds is 8. The first kappa shape index (κ1) is 18.3. The average Bonchev–Trinajstić information content (AvgIpc) is 2.45. The molecular weight excluding hydrogens is 292 g/mol. The second-order valence-electron chi connectivity index (χ2n) is 5.90. The van der Waals surface area contributed by atoms with E-state index in [9.17, 15) is 8.42 Å². The van der Waals surface area contributed by atoms with Gasteiger partial charge in [0.1, 0.15) is 5.37 Å². The van der Waals surface area contributed by atoms with Crippen LogP contribution in [0.15, 0.2) is 0 Å². The van der Waals surface area contributed by atoms with Crippen molar-refractivity contribution in [2.75, 3.05) is 43.4 Å². The minimum absolute atomic E-state index is 0.138. The van der Waals surface area contributed by atoms with Crippen molar-refractivity contribution in [3.05, 3.63) is 0 Å². The molecule has 0 radical (unpaired) electrons. The van der Waals surface area contributed by atoms with Crippen LogP contribution in [0.5, 0.6) is 0 Å². The predicted octanol–water partition coefficient (Wildman–Crippen LogP) is 1.82. The van der Waals surface area contributed by atoms with Crippen LogP contribution < -0.4 is 5.32 Å². The first-order valence-electron chi connectivity index (χ1n) is 7.62. The largest absolute Gasteiger partial charge is 0.316 e. The number of nitrogens with one attached hydrogen (secondary N) is 1. The Bertz CT molecular complexity index is 387. The van der Waals surface area contributed by atoms with Gasteiger partial charge in [-0.1, -0.05) is 27.7 Å². The molecule has 1 rings (SSSR count). The number of hydrogen-bond acceptors (Lipinski definition) is 5. The lowest BCUT2D eigenvalue weighted by Crippen LogP contribution is -2.52. The van der Waals surface area contributed by atoms with Crippen molar-refractivity contribution in [2.45, 2.75) is 39.5 Å². The van der Waals surface area contributed by atoms with Crippen molar-refractivity contribution in [2.24, 2.45) is 5.41 Å². The van der Waals surface area contributed by atoms with Gasteiger partial charge in [-0.15, -0.1) is 0 Å². The minimum Gasteiger partial charge on any atom is -0.316 e. The second-order valence-corrected chi connectivity index (χ2v) is 9.49. The molecule has 0 saturated carbocycles. The highest BCUT2D eigenvalue weighted by atomic mass is 32.2. The second kappa shape index (κ2) is 8.01. The molecule has 1 fully saturated rings. The molecule has 0 bridgehead atoms. The maximum absolute atomic E-state index is 12.3. The van der Waals surface area contributed by atoms with Crippen LogP contribution >= 0.6 is 11.8 Å². The monoisotopic (exact) mass is 322 g/mol. The normalized spacial score (nSPS) is 24.5. The van der Waals surface area contributed by atoms with E-state index in [0.29, 0.717) is 0 Å². The number of hydrogen-bond donors (Lipinski definition) is 1. The molecule has 6 heteroatoms. The third-order valence-electron chi connectivity index (χ3n) is 4.25. The predicted molar refractivity (Wildman–Crippen MR) is 89.1 cm³/mol. The van der Waals surface area contributed by atoms with E-state index in [1.165, 1.54) is 0 Å². The summed E-state index contributed by atoms with van der Waals surface area (Å²) in [7, 11) is -2.99. The highest BCUT2D eigenvalue weighted by molar-refractivity contribution is 8.01. The summed E-state index contributed by atoms with van der Waals surface area (Å²) in [6.07, 6.45) is 1.06. The Kier molecular flexibility index (Phi) is 7.32. The summed E-state index contributed by atoms with van der Waals surface area (Å²) >= 11 is 1.76. The van der Waals surface area contributed by atoms with Crippen molar-refractivity contribution >= 4 is 21.6 Å². The minimum atomic E-state index is -2.99. The average molecular weight is 323 g/mol. The molecule has 1 heterocycles. The Balaban J connectivity index is 2.80. The van der Waals surface area contributed by atoms with Gasteiger partial charge in [-0.05, 0) is 18.4 Å². The van der Waals surface area contributed by atoms with Crippen LogP contribution in [-0.2, 0) is 9.84 Å². The van der Waals surface area contributed by atoms with Crippen LogP contribution in [0.3, 0.4) is 0 Å². The summed E-state index contributed by atoms with van der Waals surface area (Å²) in [6.45, 7) is 12.0. The lowest BCUT2D eigenvalue weighted by molar-refractivity contribution is 0.152. The smallest absolute Gasteiger partial charge is 0.166 e. The van der Waals surface area contributed by atoms with E-state index in [2.05, 4.69) is 31.0 Å². The molecule has 20 heavy (non-hydrogen) atoms. The Morgan fingerprint density at radius 3 is 2.60 bits per heavy atom. The van der Waals surface area contributed by atoms with Crippen molar-refractivity contribution < 1.29 is 8.42 Å².